The molecule has 76 valence electrons. The van der Waals surface area contributed by atoms with Gasteiger partial charge in [0.2, 0.25) is 0 Å². The van der Waals surface area contributed by atoms with Crippen molar-refractivity contribution in [1.82, 2.24) is 0 Å². The molecule has 0 unspecified atom stereocenters. The molecule has 0 radical (unpaired) electrons. The van der Waals surface area contributed by atoms with Crippen LogP contribution in [0.5, 0.6) is 5.75 Å². The predicted octanol–water partition coefficient (Wildman–Crippen LogP) is 3.27. The van der Waals surface area contributed by atoms with E-state index in [0.29, 0.717) is 0 Å². The van der Waals surface area contributed by atoms with Gasteiger partial charge in [-0.05, 0) is 36.4 Å². The quantitative estimate of drug-likeness (QED) is 0.785. The number of hydrogen-bond donors (Lipinski definition) is 2. The summed E-state index contributed by atoms with van der Waals surface area (Å²) in [4.78, 5) is 0. The Kier molecular flexibility index (Phi) is 2.54. The van der Waals surface area contributed by atoms with E-state index in [-0.39, 0.29) is 11.6 Å². The van der Waals surface area contributed by atoms with Crippen molar-refractivity contribution in [2.24, 2.45) is 0 Å². The Morgan fingerprint density at radius 3 is 2.33 bits per heavy atom. The molecule has 0 saturated carbocycles. The van der Waals surface area contributed by atoms with Gasteiger partial charge in [-0.15, -0.1) is 0 Å². The number of phenolic OH excluding ortho intramolecular Hbond substituents is 1. The molecular formula is C12H10FNO. The van der Waals surface area contributed by atoms with Crippen molar-refractivity contribution in [2.45, 2.75) is 0 Å². The molecule has 0 spiro atoms. The normalized spacial score (nSPS) is 9.93. The van der Waals surface area contributed by atoms with Crippen LogP contribution in [-0.2, 0) is 0 Å². The highest BCUT2D eigenvalue weighted by atomic mass is 19.1. The van der Waals surface area contributed by atoms with Gasteiger partial charge in [-0.2, -0.15) is 0 Å². The fraction of sp³-hybridized carbons (Fsp3) is 0. The van der Waals surface area contributed by atoms with Crippen LogP contribution >= 0.6 is 0 Å². The first-order valence-electron chi connectivity index (χ1n) is 4.56. The highest BCUT2D eigenvalue weighted by molar-refractivity contribution is 5.60. The summed E-state index contributed by atoms with van der Waals surface area (Å²) >= 11 is 0. The molecule has 0 bridgehead atoms. The zero-order valence-corrected chi connectivity index (χ0v) is 7.94. The number of phenols is 1. The SMILES string of the molecule is Oc1cccc(Nc2ccc(F)cc2)c1. The molecule has 2 aromatic carbocycles. The molecule has 3 heteroatoms. The van der Waals surface area contributed by atoms with Gasteiger partial charge in [0.15, 0.2) is 0 Å². The van der Waals surface area contributed by atoms with Gasteiger partial charge in [0.1, 0.15) is 11.6 Å². The summed E-state index contributed by atoms with van der Waals surface area (Å²) in [7, 11) is 0. The first-order valence-corrected chi connectivity index (χ1v) is 4.56. The van der Waals surface area contributed by atoms with Crippen LogP contribution in [0.15, 0.2) is 48.5 Å². The number of anilines is 2. The van der Waals surface area contributed by atoms with E-state index in [1.807, 2.05) is 6.07 Å². The smallest absolute Gasteiger partial charge is 0.123 e. The van der Waals surface area contributed by atoms with E-state index in [9.17, 15) is 9.50 Å². The van der Waals surface area contributed by atoms with Crippen molar-refractivity contribution >= 4 is 11.4 Å². The van der Waals surface area contributed by atoms with Crippen LogP contribution in [0.1, 0.15) is 0 Å². The largest absolute Gasteiger partial charge is 0.508 e. The molecule has 0 aliphatic carbocycles. The zero-order valence-electron chi connectivity index (χ0n) is 7.94. The van der Waals surface area contributed by atoms with Gasteiger partial charge in [0.05, 0.1) is 0 Å². The Morgan fingerprint density at radius 2 is 1.67 bits per heavy atom. The van der Waals surface area contributed by atoms with Crippen LogP contribution < -0.4 is 5.32 Å². The number of nitrogens with one attached hydrogen (secondary N) is 1. The monoisotopic (exact) mass is 203 g/mol. The maximum atomic E-state index is 12.6. The molecular weight excluding hydrogens is 193 g/mol. The molecule has 2 rings (SSSR count). The van der Waals surface area contributed by atoms with Gasteiger partial charge in [-0.25, -0.2) is 4.39 Å². The van der Waals surface area contributed by atoms with Crippen molar-refractivity contribution in [3.05, 3.63) is 54.3 Å². The Labute approximate surface area is 87.0 Å². The fourth-order valence-corrected chi connectivity index (χ4v) is 1.28. The van der Waals surface area contributed by atoms with E-state index in [2.05, 4.69) is 5.32 Å². The Balaban J connectivity index is 2.18. The molecule has 0 amide bonds. The van der Waals surface area contributed by atoms with E-state index in [1.54, 1.807) is 30.3 Å². The first-order chi connectivity index (χ1) is 7.24. The standard InChI is InChI=1S/C12H10FNO/c13-9-4-6-10(7-5-9)14-11-2-1-3-12(15)8-11/h1-8,14-15H. The summed E-state index contributed by atoms with van der Waals surface area (Å²) in [5, 5.41) is 12.3. The Morgan fingerprint density at radius 1 is 0.933 bits per heavy atom. The molecule has 0 heterocycles. The molecule has 0 aromatic heterocycles. The lowest BCUT2D eigenvalue weighted by Crippen LogP contribution is -1.89. The second-order valence-corrected chi connectivity index (χ2v) is 3.18. The lowest BCUT2D eigenvalue weighted by molar-refractivity contribution is 0.475. The minimum Gasteiger partial charge on any atom is -0.508 e. The molecule has 0 fully saturated rings. The number of rotatable bonds is 2. The molecule has 0 saturated heterocycles. The minimum atomic E-state index is -0.267. The van der Waals surface area contributed by atoms with E-state index < -0.39 is 0 Å². The first kappa shape index (κ1) is 9.52. The number of hydrogen-bond acceptors (Lipinski definition) is 2. The predicted molar refractivity (Wildman–Crippen MR) is 57.8 cm³/mol. The lowest BCUT2D eigenvalue weighted by Gasteiger charge is -2.06. The maximum Gasteiger partial charge on any atom is 0.123 e. The van der Waals surface area contributed by atoms with Crippen molar-refractivity contribution in [2.75, 3.05) is 5.32 Å². The molecule has 2 nitrogen and oxygen atoms in total. The zero-order chi connectivity index (χ0) is 10.7. The van der Waals surface area contributed by atoms with Gasteiger partial charge >= 0.3 is 0 Å². The molecule has 15 heavy (non-hydrogen) atoms. The Bertz CT molecular complexity index is 453. The molecule has 2 aromatic rings. The van der Waals surface area contributed by atoms with Gasteiger partial charge in [-0.3, -0.25) is 0 Å². The molecule has 0 aliphatic rings. The van der Waals surface area contributed by atoms with Crippen molar-refractivity contribution in [1.29, 1.82) is 0 Å². The fourth-order valence-electron chi connectivity index (χ4n) is 1.28. The van der Waals surface area contributed by atoms with E-state index >= 15 is 0 Å². The number of benzene rings is 2. The average Bonchev–Trinajstić information content (AvgIpc) is 2.22. The van der Waals surface area contributed by atoms with Crippen LogP contribution in [0.2, 0.25) is 0 Å². The summed E-state index contributed by atoms with van der Waals surface area (Å²) in [5.74, 6) is -0.0708. The summed E-state index contributed by atoms with van der Waals surface area (Å²) in [6.07, 6.45) is 0. The third-order valence-electron chi connectivity index (χ3n) is 1.98. The Hall–Kier alpha value is -2.03. The van der Waals surface area contributed by atoms with Crippen LogP contribution in [-0.4, -0.2) is 5.11 Å². The minimum absolute atomic E-state index is 0.196. The van der Waals surface area contributed by atoms with Crippen LogP contribution in [0, 0.1) is 5.82 Å². The highest BCUT2D eigenvalue weighted by Crippen LogP contribution is 2.20. The van der Waals surface area contributed by atoms with E-state index in [4.69, 9.17) is 0 Å². The van der Waals surface area contributed by atoms with Gasteiger partial charge in [-0.1, -0.05) is 6.07 Å². The summed E-state index contributed by atoms with van der Waals surface area (Å²) in [6, 6.07) is 12.8. The summed E-state index contributed by atoms with van der Waals surface area (Å²) < 4.78 is 12.6. The van der Waals surface area contributed by atoms with Gasteiger partial charge < -0.3 is 10.4 Å². The topological polar surface area (TPSA) is 32.3 Å². The van der Waals surface area contributed by atoms with Crippen LogP contribution in [0.4, 0.5) is 15.8 Å². The average molecular weight is 203 g/mol. The van der Waals surface area contributed by atoms with E-state index in [1.165, 1.54) is 12.1 Å². The maximum absolute atomic E-state index is 12.6. The van der Waals surface area contributed by atoms with Crippen molar-refractivity contribution in [3.8, 4) is 5.75 Å². The molecule has 2 N–H and O–H groups in total. The van der Waals surface area contributed by atoms with E-state index in [0.717, 1.165) is 11.4 Å². The molecule has 0 atom stereocenters. The number of halogens is 1. The van der Waals surface area contributed by atoms with Crippen LogP contribution in [0.3, 0.4) is 0 Å². The summed E-state index contributed by atoms with van der Waals surface area (Å²) in [5.41, 5.74) is 1.55. The summed E-state index contributed by atoms with van der Waals surface area (Å²) in [6.45, 7) is 0. The second-order valence-electron chi connectivity index (χ2n) is 3.18. The van der Waals surface area contributed by atoms with Crippen molar-refractivity contribution in [3.63, 3.8) is 0 Å². The lowest BCUT2D eigenvalue weighted by atomic mass is 10.2. The number of aromatic hydroxyl groups is 1. The van der Waals surface area contributed by atoms with Gasteiger partial charge in [0, 0.05) is 17.4 Å². The highest BCUT2D eigenvalue weighted by Gasteiger charge is 1.96. The van der Waals surface area contributed by atoms with Gasteiger partial charge in [0.25, 0.3) is 0 Å². The second kappa shape index (κ2) is 4.00. The third-order valence-corrected chi connectivity index (χ3v) is 1.98. The third kappa shape index (κ3) is 2.47. The van der Waals surface area contributed by atoms with Crippen LogP contribution in [0.25, 0.3) is 0 Å². The van der Waals surface area contributed by atoms with Crippen molar-refractivity contribution < 1.29 is 9.50 Å². The molecule has 0 aliphatic heterocycles.